The minimum atomic E-state index is -0.765. The Bertz CT molecular complexity index is 7540. The first-order valence-corrected chi connectivity index (χ1v) is 48.9. The highest BCUT2D eigenvalue weighted by Gasteiger charge is 2.52. The Morgan fingerprint density at radius 3 is 1.41 bits per heavy atom. The van der Waals surface area contributed by atoms with Crippen LogP contribution in [0.4, 0.5) is 102 Å². The van der Waals surface area contributed by atoms with Gasteiger partial charge in [-0.05, 0) is 252 Å². The van der Waals surface area contributed by atoms with E-state index in [1.165, 1.54) is 77.7 Å². The molecule has 0 N–H and O–H groups in total. The van der Waals surface area contributed by atoms with Gasteiger partial charge in [0.05, 0.1) is 22.7 Å². The number of para-hydroxylation sites is 10. The second kappa shape index (κ2) is 35.7. The minimum Gasteiger partial charge on any atom is -0.342 e. The molecule has 658 valence electrons. The van der Waals surface area contributed by atoms with E-state index in [2.05, 4.69) is 541 Å². The van der Waals surface area contributed by atoms with Crippen LogP contribution in [0.1, 0.15) is 70.1 Å². The van der Waals surface area contributed by atoms with Gasteiger partial charge in [-0.2, -0.15) is 0 Å². The largest absolute Gasteiger partial charge is 0.342 e. The van der Waals surface area contributed by atoms with Crippen LogP contribution in [0.3, 0.4) is 0 Å². The lowest BCUT2D eigenvalue weighted by Crippen LogP contribution is -2.61. The molecule has 7 aliphatic rings. The molecule has 4 atom stereocenters. The molecule has 4 aliphatic carbocycles. The van der Waals surface area contributed by atoms with Gasteiger partial charge in [0.25, 0.3) is 6.71 Å². The summed E-state index contributed by atoms with van der Waals surface area (Å²) in [5.41, 5.74) is 40.3. The highest BCUT2D eigenvalue weighted by Crippen LogP contribution is 2.60. The van der Waals surface area contributed by atoms with Gasteiger partial charge in [0.15, 0.2) is 0 Å². The Hall–Kier alpha value is -16.1. The molecule has 17 aromatic rings. The molecule has 0 bridgehead atoms. The summed E-state index contributed by atoms with van der Waals surface area (Å²) in [5, 5.41) is 0. The van der Waals surface area contributed by atoms with Crippen LogP contribution in [0.2, 0.25) is 5.82 Å². The Balaban J connectivity index is 0.834. The van der Waals surface area contributed by atoms with Crippen molar-refractivity contribution in [2.75, 3.05) is 40.8 Å². The lowest BCUT2D eigenvalue weighted by molar-refractivity contribution is 0.570. The predicted octanol–water partition coefficient (Wildman–Crippen LogP) is 30.5. The highest BCUT2D eigenvalue weighted by molar-refractivity contribution is 7.00. The number of benzene rings is 17. The number of hydrogen-bond acceptors (Lipinski definition) is 7. The molecule has 3 aliphatic heterocycles. The highest BCUT2D eigenvalue weighted by atomic mass is 15.2. The van der Waals surface area contributed by atoms with Crippen molar-refractivity contribution < 1.29 is 0 Å². The summed E-state index contributed by atoms with van der Waals surface area (Å²) in [6.45, 7) is 10.4. The van der Waals surface area contributed by atoms with Crippen LogP contribution in [-0.4, -0.2) is 26.0 Å². The quantitative estimate of drug-likeness (QED) is 0.0623. The van der Waals surface area contributed by atoms with Crippen molar-refractivity contribution in [2.24, 2.45) is 11.8 Å². The third-order valence-corrected chi connectivity index (χ3v) is 30.1. The molecule has 7 nitrogen and oxygen atoms in total. The fourth-order valence-electron chi connectivity index (χ4n) is 23.9. The number of nitrogens with zero attached hydrogens (tertiary/aromatic N) is 7. The first-order chi connectivity index (χ1) is 67.7. The Kier molecular flexibility index (Phi) is 21.9. The molecule has 0 spiro atoms. The van der Waals surface area contributed by atoms with E-state index in [0.717, 1.165) is 145 Å². The zero-order chi connectivity index (χ0) is 91.6. The maximum absolute atomic E-state index is 3.03. The van der Waals surface area contributed by atoms with Crippen molar-refractivity contribution in [2.45, 2.75) is 70.7 Å². The van der Waals surface area contributed by atoms with Crippen LogP contribution in [-0.2, 0) is 5.41 Å². The van der Waals surface area contributed by atoms with Gasteiger partial charge in [0.2, 0.25) is 6.71 Å². The summed E-state index contributed by atoms with van der Waals surface area (Å²) in [7, 11) is 0. The monoisotopic (exact) mass is 1760 g/mol. The van der Waals surface area contributed by atoms with E-state index in [9.17, 15) is 0 Å². The van der Waals surface area contributed by atoms with E-state index in [1.807, 2.05) is 0 Å². The zero-order valence-electron chi connectivity index (χ0n) is 77.7. The van der Waals surface area contributed by atoms with E-state index in [-0.39, 0.29) is 37.1 Å². The maximum Gasteiger partial charge on any atom is 0.252 e. The Labute approximate surface area is 807 Å². The van der Waals surface area contributed by atoms with Crippen LogP contribution in [0.25, 0.3) is 33.4 Å². The van der Waals surface area contributed by atoms with Crippen molar-refractivity contribution in [3.8, 4) is 33.4 Å². The van der Waals surface area contributed by atoms with Gasteiger partial charge in [-0.1, -0.05) is 364 Å². The van der Waals surface area contributed by atoms with Crippen molar-refractivity contribution in [1.29, 1.82) is 0 Å². The first kappa shape index (κ1) is 83.9. The van der Waals surface area contributed by atoms with Crippen molar-refractivity contribution in [3.63, 3.8) is 0 Å². The smallest absolute Gasteiger partial charge is 0.252 e. The molecule has 9 heteroatoms. The van der Waals surface area contributed by atoms with Gasteiger partial charge in [0, 0.05) is 126 Å². The molecule has 24 rings (SSSR count). The Morgan fingerprint density at radius 1 is 0.350 bits per heavy atom. The SMILES string of the molecule is CCN(c1ccccc1)c1cc(N(c2ccccc2)c2ccccc2-c2ccccc2)cc2c1B([C@H](C)C(C)N(C1=C(C3C=CC=CC3)C=CCC1C1=CCCC=C1)c1cc3c(cc1C1(C)c4ccccc4-c4ccccc41)B1c4ccccc4N(c4ccccc4)c4cc(N(c5ccccc5)c5ccccc5)cc(c41)N3c1ccccc1)c1ccccc1N2c1ccccc1-c1ccccc1. The summed E-state index contributed by atoms with van der Waals surface area (Å²) >= 11 is 0. The average molecular weight is 1760 g/mol. The summed E-state index contributed by atoms with van der Waals surface area (Å²) in [4.78, 5) is 18.6. The molecule has 0 amide bonds. The fourth-order valence-corrected chi connectivity index (χ4v) is 23.9. The van der Waals surface area contributed by atoms with Gasteiger partial charge in [-0.15, -0.1) is 0 Å². The van der Waals surface area contributed by atoms with Crippen LogP contribution in [0.5, 0.6) is 0 Å². The minimum absolute atomic E-state index is 0.0489. The molecule has 0 fully saturated rings. The third kappa shape index (κ3) is 14.4. The van der Waals surface area contributed by atoms with Crippen LogP contribution in [0, 0.1) is 11.8 Å². The molecular formula is C128H105B2N7. The van der Waals surface area contributed by atoms with Crippen molar-refractivity contribution in [3.05, 3.63) is 513 Å². The average Bonchev–Trinajstić information content (AvgIpc) is 1.59. The normalized spacial score (nSPS) is 15.9. The molecule has 0 aromatic heterocycles. The number of anilines is 18. The first-order valence-electron chi connectivity index (χ1n) is 48.9. The fraction of sp³-hybridized carbons (Fsp3) is 0.109. The number of fused-ring (bicyclic) bond motifs is 9. The maximum atomic E-state index is 3.03. The van der Waals surface area contributed by atoms with Gasteiger partial charge >= 0.3 is 0 Å². The van der Waals surface area contributed by atoms with Crippen molar-refractivity contribution >= 4 is 143 Å². The Morgan fingerprint density at radius 2 is 0.832 bits per heavy atom. The standard InChI is InChI=1S/C128H105B2N7/c1-5-131(95-57-24-10-25-58-95)121-83-102(134(98-63-30-13-31-64-98)115-79-44-38-69-103(115)91-49-16-6-17-50-91)86-124-125(121)129(112-77-42-47-82-118(112)137(124)116-80-45-39-70-104(116)92-51-18-7-19-52-92)89(2)90(3)132(127-105(93-53-20-8-21-54-93)73-48-74-106(127)94-55-22-9-23-56-94)119-88-120-114(87-111(119)128(4)109-75-40-36-71-107(109)108-72-37-41-76-110(108)128)130-113-78-43-46-81-117(113)135(99-65-32-14-33-66-99)122-84-101(85-123(126(122)130)136(120)100-67-34-15-35-68-100)133(96-59-26-11-27-60-96)97-61-28-12-29-62-97/h6-8,10-22,24-53,55-73,75-90,93,106H,5,9,23,54,74H2,1-4H3/t89-,90?,93?,106?/m1/s1. The second-order valence-corrected chi connectivity index (χ2v) is 37.5. The molecule has 17 aromatic carbocycles. The summed E-state index contributed by atoms with van der Waals surface area (Å²) in [5.74, 6) is -0.208. The van der Waals surface area contributed by atoms with E-state index in [1.54, 1.807) is 0 Å². The second-order valence-electron chi connectivity index (χ2n) is 37.5. The van der Waals surface area contributed by atoms with Gasteiger partial charge in [-0.25, -0.2) is 0 Å². The lowest BCUT2D eigenvalue weighted by atomic mass is 9.31. The summed E-state index contributed by atoms with van der Waals surface area (Å²) in [6.07, 6.45) is 25.8. The van der Waals surface area contributed by atoms with Crippen LogP contribution >= 0.6 is 0 Å². The van der Waals surface area contributed by atoms with E-state index >= 15 is 0 Å². The summed E-state index contributed by atoms with van der Waals surface area (Å²) in [6, 6.07) is 160. The molecule has 0 radical (unpaired) electrons. The van der Waals surface area contributed by atoms with E-state index in [0.29, 0.717) is 6.54 Å². The molecule has 0 saturated carbocycles. The number of hydrogen-bond donors (Lipinski definition) is 0. The molecular weight excluding hydrogens is 1660 g/mol. The van der Waals surface area contributed by atoms with Gasteiger partial charge in [0.1, 0.15) is 0 Å². The van der Waals surface area contributed by atoms with Gasteiger partial charge in [-0.3, -0.25) is 0 Å². The molecule has 137 heavy (non-hydrogen) atoms. The third-order valence-electron chi connectivity index (χ3n) is 30.1. The van der Waals surface area contributed by atoms with Gasteiger partial charge < -0.3 is 34.3 Å². The van der Waals surface area contributed by atoms with Crippen LogP contribution in [0.15, 0.2) is 496 Å². The molecule has 3 heterocycles. The van der Waals surface area contributed by atoms with Crippen LogP contribution < -0.4 is 61.6 Å². The predicted molar refractivity (Wildman–Crippen MR) is 582 cm³/mol. The lowest BCUT2D eigenvalue weighted by Gasteiger charge is -2.49. The number of allylic oxidation sites excluding steroid dienone is 11. The van der Waals surface area contributed by atoms with Crippen molar-refractivity contribution in [1.82, 2.24) is 0 Å². The zero-order valence-corrected chi connectivity index (χ0v) is 77.7. The van der Waals surface area contributed by atoms with E-state index in [4.69, 9.17) is 0 Å². The summed E-state index contributed by atoms with van der Waals surface area (Å²) < 4.78 is 0. The van der Waals surface area contributed by atoms with E-state index < -0.39 is 5.41 Å². The molecule has 0 saturated heterocycles. The number of rotatable bonds is 22. The topological polar surface area (TPSA) is 22.7 Å². The molecule has 3 unspecified atom stereocenters.